The van der Waals surface area contributed by atoms with Gasteiger partial charge < -0.3 is 10.1 Å². The van der Waals surface area contributed by atoms with Crippen molar-refractivity contribution in [2.45, 2.75) is 52.2 Å². The van der Waals surface area contributed by atoms with Crippen LogP contribution in [0.15, 0.2) is 24.3 Å². The quantitative estimate of drug-likeness (QED) is 0.892. The normalized spacial score (nSPS) is 27.7. The van der Waals surface area contributed by atoms with E-state index >= 15 is 0 Å². The average Bonchev–Trinajstić information content (AvgIpc) is 2.37. The zero-order chi connectivity index (χ0) is 13.9. The molecular formula is C17H27NO. The minimum absolute atomic E-state index is 0.0412. The number of rotatable bonds is 4. The molecule has 0 bridgehead atoms. The Morgan fingerprint density at radius 1 is 1.32 bits per heavy atom. The van der Waals surface area contributed by atoms with Gasteiger partial charge in [0.2, 0.25) is 0 Å². The van der Waals surface area contributed by atoms with Crippen LogP contribution in [0, 0.1) is 5.92 Å². The highest BCUT2D eigenvalue weighted by Gasteiger charge is 2.33. The van der Waals surface area contributed by atoms with E-state index in [1.807, 2.05) is 0 Å². The first-order chi connectivity index (χ1) is 9.02. The average molecular weight is 261 g/mol. The molecule has 2 heteroatoms. The summed E-state index contributed by atoms with van der Waals surface area (Å²) in [6.07, 6.45) is 2.38. The molecule has 1 fully saturated rings. The van der Waals surface area contributed by atoms with Crippen LogP contribution in [0.4, 0.5) is 0 Å². The zero-order valence-electron chi connectivity index (χ0n) is 12.7. The number of ether oxygens (including phenoxy) is 1. The Morgan fingerprint density at radius 3 is 2.58 bits per heavy atom. The molecule has 1 aromatic rings. The van der Waals surface area contributed by atoms with Crippen LogP contribution in [0.25, 0.3) is 0 Å². The Hall–Kier alpha value is -0.860. The number of benzene rings is 1. The molecular weight excluding hydrogens is 234 g/mol. The zero-order valence-corrected chi connectivity index (χ0v) is 12.7. The van der Waals surface area contributed by atoms with Gasteiger partial charge in [-0.3, -0.25) is 0 Å². The van der Waals surface area contributed by atoms with Crippen LogP contribution in [0.3, 0.4) is 0 Å². The van der Waals surface area contributed by atoms with E-state index in [0.29, 0.717) is 5.92 Å². The molecule has 19 heavy (non-hydrogen) atoms. The smallest absolute Gasteiger partial charge is 0.0957 e. The lowest BCUT2D eigenvalue weighted by atomic mass is 9.91. The number of hydrogen-bond donors (Lipinski definition) is 1. The fourth-order valence-corrected chi connectivity index (χ4v) is 3.03. The van der Waals surface area contributed by atoms with Crippen molar-refractivity contribution in [1.29, 1.82) is 0 Å². The van der Waals surface area contributed by atoms with Gasteiger partial charge in [-0.15, -0.1) is 0 Å². The van der Waals surface area contributed by atoms with Crippen LogP contribution in [0.1, 0.15) is 51.3 Å². The van der Waals surface area contributed by atoms with Gasteiger partial charge in [0.25, 0.3) is 0 Å². The van der Waals surface area contributed by atoms with Crippen LogP contribution < -0.4 is 5.32 Å². The van der Waals surface area contributed by atoms with Gasteiger partial charge in [-0.05, 0) is 36.8 Å². The van der Waals surface area contributed by atoms with E-state index in [2.05, 4.69) is 57.3 Å². The van der Waals surface area contributed by atoms with Gasteiger partial charge in [0.05, 0.1) is 11.7 Å². The standard InChI is InChI=1S/C17H27NO/c1-5-14-6-8-15(9-7-14)16-11-18-12-17(4,19-16)10-13(2)3/h6-9,13,16,18H,5,10-12H2,1-4H3. The van der Waals surface area contributed by atoms with Crippen molar-refractivity contribution in [2.75, 3.05) is 13.1 Å². The summed E-state index contributed by atoms with van der Waals surface area (Å²) in [4.78, 5) is 0. The number of aryl methyl sites for hydroxylation is 1. The summed E-state index contributed by atoms with van der Waals surface area (Å²) in [5.41, 5.74) is 2.64. The first kappa shape index (κ1) is 14.5. The summed E-state index contributed by atoms with van der Waals surface area (Å²) in [7, 11) is 0. The van der Waals surface area contributed by atoms with Crippen molar-refractivity contribution in [3.8, 4) is 0 Å². The molecule has 1 N–H and O–H groups in total. The number of morpholine rings is 1. The van der Waals surface area contributed by atoms with Crippen molar-refractivity contribution in [3.63, 3.8) is 0 Å². The van der Waals surface area contributed by atoms with E-state index < -0.39 is 0 Å². The van der Waals surface area contributed by atoms with Crippen LogP contribution in [-0.4, -0.2) is 18.7 Å². The molecule has 1 saturated heterocycles. The van der Waals surface area contributed by atoms with Crippen molar-refractivity contribution in [3.05, 3.63) is 35.4 Å². The van der Waals surface area contributed by atoms with Crippen LogP contribution in [-0.2, 0) is 11.2 Å². The third kappa shape index (κ3) is 3.80. The van der Waals surface area contributed by atoms with Gasteiger partial charge in [0.15, 0.2) is 0 Å². The Balaban J connectivity index is 2.07. The van der Waals surface area contributed by atoms with Gasteiger partial charge in [0.1, 0.15) is 0 Å². The van der Waals surface area contributed by atoms with Crippen molar-refractivity contribution < 1.29 is 4.74 Å². The molecule has 2 nitrogen and oxygen atoms in total. The number of hydrogen-bond acceptors (Lipinski definition) is 2. The topological polar surface area (TPSA) is 21.3 Å². The fourth-order valence-electron chi connectivity index (χ4n) is 3.03. The largest absolute Gasteiger partial charge is 0.365 e. The molecule has 0 spiro atoms. The summed E-state index contributed by atoms with van der Waals surface area (Å²) in [5.74, 6) is 0.660. The van der Waals surface area contributed by atoms with Gasteiger partial charge in [0, 0.05) is 13.1 Å². The monoisotopic (exact) mass is 261 g/mol. The van der Waals surface area contributed by atoms with E-state index in [4.69, 9.17) is 4.74 Å². The SMILES string of the molecule is CCc1ccc(C2CNCC(C)(CC(C)C)O2)cc1. The van der Waals surface area contributed by atoms with Crippen molar-refractivity contribution >= 4 is 0 Å². The highest BCUT2D eigenvalue weighted by molar-refractivity contribution is 5.25. The molecule has 106 valence electrons. The van der Waals surface area contributed by atoms with Crippen LogP contribution >= 0.6 is 0 Å². The second-order valence-electron chi connectivity index (χ2n) is 6.38. The first-order valence-electron chi connectivity index (χ1n) is 7.50. The van der Waals surface area contributed by atoms with E-state index in [-0.39, 0.29) is 11.7 Å². The van der Waals surface area contributed by atoms with E-state index in [1.165, 1.54) is 11.1 Å². The molecule has 0 aliphatic carbocycles. The first-order valence-corrected chi connectivity index (χ1v) is 7.50. The molecule has 1 aromatic carbocycles. The summed E-state index contributed by atoms with van der Waals surface area (Å²) < 4.78 is 6.38. The van der Waals surface area contributed by atoms with E-state index in [0.717, 1.165) is 25.9 Å². The Kier molecular flexibility index (Phi) is 4.64. The summed E-state index contributed by atoms with van der Waals surface area (Å²) in [5, 5.41) is 3.53. The minimum atomic E-state index is -0.0412. The molecule has 0 aromatic heterocycles. The van der Waals surface area contributed by atoms with Gasteiger partial charge in [-0.2, -0.15) is 0 Å². The molecule has 2 unspecified atom stereocenters. The fraction of sp³-hybridized carbons (Fsp3) is 0.647. The van der Waals surface area contributed by atoms with E-state index in [9.17, 15) is 0 Å². The van der Waals surface area contributed by atoms with E-state index in [1.54, 1.807) is 0 Å². The Morgan fingerprint density at radius 2 is 2.00 bits per heavy atom. The predicted molar refractivity (Wildman–Crippen MR) is 80.4 cm³/mol. The highest BCUT2D eigenvalue weighted by atomic mass is 16.5. The molecule has 0 radical (unpaired) electrons. The molecule has 1 aliphatic rings. The third-order valence-electron chi connectivity index (χ3n) is 3.86. The highest BCUT2D eigenvalue weighted by Crippen LogP contribution is 2.31. The summed E-state index contributed by atoms with van der Waals surface area (Å²) in [6.45, 7) is 10.8. The molecule has 0 amide bonds. The maximum absolute atomic E-state index is 6.38. The maximum atomic E-state index is 6.38. The van der Waals surface area contributed by atoms with Gasteiger partial charge in [-0.1, -0.05) is 45.0 Å². The maximum Gasteiger partial charge on any atom is 0.0957 e. The van der Waals surface area contributed by atoms with Crippen molar-refractivity contribution in [2.24, 2.45) is 5.92 Å². The van der Waals surface area contributed by atoms with Crippen LogP contribution in [0.5, 0.6) is 0 Å². The molecule has 1 heterocycles. The minimum Gasteiger partial charge on any atom is -0.365 e. The predicted octanol–water partition coefficient (Wildman–Crippen LogP) is 3.71. The third-order valence-corrected chi connectivity index (χ3v) is 3.86. The molecule has 2 rings (SSSR count). The lowest BCUT2D eigenvalue weighted by Gasteiger charge is -2.40. The Labute approximate surface area is 117 Å². The lowest BCUT2D eigenvalue weighted by molar-refractivity contribution is -0.117. The second kappa shape index (κ2) is 6.06. The second-order valence-corrected chi connectivity index (χ2v) is 6.38. The van der Waals surface area contributed by atoms with Crippen molar-refractivity contribution in [1.82, 2.24) is 5.32 Å². The molecule has 1 aliphatic heterocycles. The van der Waals surface area contributed by atoms with Crippen LogP contribution in [0.2, 0.25) is 0 Å². The molecule has 0 saturated carbocycles. The lowest BCUT2D eigenvalue weighted by Crippen LogP contribution is -2.49. The summed E-state index contributed by atoms with van der Waals surface area (Å²) >= 11 is 0. The van der Waals surface area contributed by atoms with Gasteiger partial charge in [-0.25, -0.2) is 0 Å². The summed E-state index contributed by atoms with van der Waals surface area (Å²) in [6, 6.07) is 8.86. The Bertz CT molecular complexity index is 398. The molecule has 2 atom stereocenters. The van der Waals surface area contributed by atoms with Gasteiger partial charge >= 0.3 is 0 Å². The number of nitrogens with one attached hydrogen (secondary N) is 1.